The molecule has 1 atom stereocenters. The fourth-order valence-electron chi connectivity index (χ4n) is 8.34. The lowest BCUT2D eigenvalue weighted by atomic mass is 9.76. The fourth-order valence-corrected chi connectivity index (χ4v) is 8.34. The number of ether oxygens (including phenoxy) is 3. The fraction of sp³-hybridized carbons (Fsp3) is 0.250. The zero-order valence-corrected chi connectivity index (χ0v) is 38.8. The molecule has 0 bridgehead atoms. The molecule has 336 valence electrons. The summed E-state index contributed by atoms with van der Waals surface area (Å²) in [6.07, 6.45) is -1.31. The minimum absolute atomic E-state index is 0.266. The molecule has 15 heteroatoms. The van der Waals surface area contributed by atoms with E-state index in [0.29, 0.717) is 79.1 Å². The minimum atomic E-state index is -2.06. The first-order valence-electron chi connectivity index (χ1n) is 23.7. The second-order valence-electron chi connectivity index (χ2n) is 16.6. The molecule has 0 aromatic heterocycles. The Morgan fingerprint density at radius 1 is 0.537 bits per heavy atom. The molecule has 67 heavy (non-hydrogen) atoms. The Morgan fingerprint density at radius 2 is 0.985 bits per heavy atom. The van der Waals surface area contributed by atoms with Gasteiger partial charge in [-0.25, -0.2) is 14.5 Å². The van der Waals surface area contributed by atoms with Crippen molar-refractivity contribution in [1.29, 1.82) is 0 Å². The monoisotopic (exact) mass is 898 g/mol. The Hall–Kier alpha value is -6.86. The summed E-state index contributed by atoms with van der Waals surface area (Å²) in [7, 11) is -3.63. The van der Waals surface area contributed by atoms with Crippen molar-refractivity contribution in [3.8, 4) is 34.5 Å². The maximum absolute atomic E-state index is 9.94. The molecular weight excluding hydrogens is 843 g/mol. The predicted molar refractivity (Wildman–Crippen MR) is 262 cm³/mol. The van der Waals surface area contributed by atoms with E-state index in [2.05, 4.69) is 14.5 Å². The van der Waals surface area contributed by atoms with Crippen molar-refractivity contribution in [3.63, 3.8) is 0 Å². The Morgan fingerprint density at radius 3 is 1.51 bits per heavy atom. The van der Waals surface area contributed by atoms with Crippen LogP contribution in [0.5, 0.6) is 34.5 Å². The van der Waals surface area contributed by atoms with Crippen molar-refractivity contribution >= 4 is 54.8 Å². The highest BCUT2D eigenvalue weighted by molar-refractivity contribution is 6.62. The predicted octanol–water partition coefficient (Wildman–Crippen LogP) is 10.1. The van der Waals surface area contributed by atoms with E-state index in [0.717, 1.165) is 44.5 Å². The average molecular weight is 898 g/mol. The molecule has 0 amide bonds. The summed E-state index contributed by atoms with van der Waals surface area (Å²) in [6, 6.07) is 20.8. The number of fused-ring (bicyclic) bond motifs is 3. The van der Waals surface area contributed by atoms with Crippen LogP contribution in [0.4, 0.5) is 17.1 Å². The molecule has 0 saturated carbocycles. The van der Waals surface area contributed by atoms with Gasteiger partial charge in [-0.1, -0.05) is 12.1 Å². The summed E-state index contributed by atoms with van der Waals surface area (Å²) in [5.41, 5.74) is 11.8. The normalized spacial score (nSPS) is 17.8. The van der Waals surface area contributed by atoms with Gasteiger partial charge in [-0.2, -0.15) is 0 Å². The number of benzene rings is 6. The van der Waals surface area contributed by atoms with Gasteiger partial charge in [-0.15, -0.1) is 0 Å². The second kappa shape index (κ2) is 19.9. The molecule has 3 heterocycles. The smallest absolute Gasteiger partial charge is 0.457 e. The van der Waals surface area contributed by atoms with E-state index in [1.807, 2.05) is 67.5 Å². The van der Waals surface area contributed by atoms with Gasteiger partial charge in [0.2, 0.25) is 0 Å². The summed E-state index contributed by atoms with van der Waals surface area (Å²) in [6.45, 7) is 35.7. The van der Waals surface area contributed by atoms with E-state index in [9.17, 15) is 15.1 Å². The third-order valence-electron chi connectivity index (χ3n) is 11.6. The second-order valence-corrected chi connectivity index (χ2v) is 16.6. The van der Waals surface area contributed by atoms with Crippen LogP contribution >= 0.6 is 0 Å². The Balaban J connectivity index is 0.000000158. The summed E-state index contributed by atoms with van der Waals surface area (Å²) >= 11 is 0. The van der Waals surface area contributed by atoms with E-state index in [1.165, 1.54) is 0 Å². The van der Waals surface area contributed by atoms with Gasteiger partial charge in [0.05, 0.1) is 45.8 Å². The van der Waals surface area contributed by atoms with Crippen LogP contribution in [-0.2, 0) is 27.1 Å². The molecule has 6 aromatic carbocycles. The largest absolute Gasteiger partial charge is 0.492 e. The summed E-state index contributed by atoms with van der Waals surface area (Å²) in [5.74, 6) is 3.37. The maximum Gasteiger partial charge on any atom is 0.492 e. The van der Waals surface area contributed by atoms with Gasteiger partial charge in [-0.05, 0) is 213 Å². The van der Waals surface area contributed by atoms with Gasteiger partial charge < -0.3 is 43.2 Å². The lowest BCUT2D eigenvalue weighted by Crippen LogP contribution is -2.30. The highest BCUT2D eigenvalue weighted by Gasteiger charge is 2.35. The van der Waals surface area contributed by atoms with Crippen molar-refractivity contribution in [2.45, 2.75) is 88.4 Å². The lowest BCUT2D eigenvalue weighted by Gasteiger charge is -2.15. The summed E-state index contributed by atoms with van der Waals surface area (Å²) in [5, 5.41) is 29.6. The van der Waals surface area contributed by atoms with Gasteiger partial charge in [0.1, 0.15) is 34.5 Å². The molecule has 9 rings (SSSR count). The van der Waals surface area contributed by atoms with Crippen molar-refractivity contribution in [1.82, 2.24) is 0 Å². The van der Waals surface area contributed by atoms with Crippen LogP contribution in [0.15, 0.2) is 72.8 Å². The zero-order valence-electron chi connectivity index (χ0n) is 43.8. The van der Waals surface area contributed by atoms with Crippen molar-refractivity contribution in [2.75, 3.05) is 0 Å². The Bertz CT molecular complexity index is 3180. The van der Waals surface area contributed by atoms with Crippen LogP contribution in [-0.4, -0.2) is 36.4 Å². The Labute approximate surface area is 400 Å². The number of hydrogen-bond acceptors (Lipinski definition) is 9. The van der Waals surface area contributed by atoms with Crippen LogP contribution in [0, 0.1) is 82.0 Å². The molecule has 0 radical (unpaired) electrons. The third-order valence-corrected chi connectivity index (χ3v) is 11.6. The molecule has 0 aliphatic carbocycles. The van der Waals surface area contributed by atoms with E-state index >= 15 is 0 Å². The first kappa shape index (κ1) is 41.6. The number of nitrogens with zero attached hydrogens (tertiary/aromatic N) is 3. The average Bonchev–Trinajstić information content (AvgIpc) is 3.76. The maximum atomic E-state index is 9.94. The van der Waals surface area contributed by atoms with Gasteiger partial charge >= 0.3 is 21.4 Å². The molecule has 0 saturated heterocycles. The quantitative estimate of drug-likeness (QED) is 0.111. The summed E-state index contributed by atoms with van der Waals surface area (Å²) in [4.78, 5) is 10.6. The molecule has 1 unspecified atom stereocenters. The van der Waals surface area contributed by atoms with E-state index in [1.54, 1.807) is 74.5 Å². The zero-order chi connectivity index (χ0) is 52.9. The van der Waals surface area contributed by atoms with Gasteiger partial charge in [0, 0.05) is 0 Å². The van der Waals surface area contributed by atoms with Gasteiger partial charge in [-0.3, -0.25) is 0 Å². The first-order valence-corrected chi connectivity index (χ1v) is 21.2. The van der Waals surface area contributed by atoms with Crippen LogP contribution in [0.3, 0.4) is 0 Å². The van der Waals surface area contributed by atoms with Crippen molar-refractivity contribution in [3.05, 3.63) is 174 Å². The highest BCUT2D eigenvalue weighted by atomic mass is 16.5. The molecule has 6 aromatic rings. The molecule has 3 aliphatic rings. The summed E-state index contributed by atoms with van der Waals surface area (Å²) < 4.78 is 72.8. The molecule has 0 fully saturated rings. The van der Waals surface area contributed by atoms with E-state index in [4.69, 9.17) is 54.7 Å². The van der Waals surface area contributed by atoms with E-state index < -0.39 is 40.6 Å². The first-order chi connectivity index (χ1) is 33.7. The van der Waals surface area contributed by atoms with Gasteiger partial charge in [0.15, 0.2) is 17.1 Å². The number of aryl methyl sites for hydroxylation is 8. The third kappa shape index (κ3) is 10.1. The molecule has 0 spiro atoms. The van der Waals surface area contributed by atoms with Crippen molar-refractivity contribution in [2.24, 2.45) is 0 Å². The van der Waals surface area contributed by atoms with Crippen LogP contribution in [0.2, 0.25) is 0 Å². The number of rotatable bonds is 6. The SMILES string of the molecule is [2H]C1(C)OB(O)c2ccc(Oc3cc(C)c([N+]#[C-])c(C)c3)c(C)c21.[2H]C1([2H])OB(O)c2c(C)cc(Oc3cc(C)c([N+]#[C-])c(C)c3)cc21.[2H]C1([2H])OB(O)c2cc(C)c(Oc3cc(C)c([N+]#[C-])c(C)c3)cc21. The minimum Gasteiger partial charge on any atom is -0.457 e. The van der Waals surface area contributed by atoms with Gasteiger partial charge in [0.25, 0.3) is 0 Å². The molecule has 3 N–H and O–H groups in total. The highest BCUT2D eigenvalue weighted by Crippen LogP contribution is 2.37. The molecule has 12 nitrogen and oxygen atoms in total. The van der Waals surface area contributed by atoms with Crippen molar-refractivity contribution < 1.29 is 50.1 Å². The topological polar surface area (TPSA) is 129 Å². The molecular formula is C52H50B3N3O9. The lowest BCUT2D eigenvalue weighted by molar-refractivity contribution is 0.208. The standard InChI is InChI=1S/C18H18BNO3.2C17H16BNO3/c1-10-8-14(9-11(2)18(10)20-5)22-16-7-6-15-17(12(16)3)13(4)23-19(15)21;1-10-7-15-13(9-21-18(15)20)8-16(10)22-14-5-11(2)17(19-4)12(3)6-14;1-10-5-15(8-13-9-21-18(20)16(10)13)22-14-6-11(2)17(19-4)12(3)7-14/h6-9,13,21H,1-4H3;2*5-8,20H,9H2,1-3H3/i13D;2*9D2. The van der Waals surface area contributed by atoms with Crippen LogP contribution in [0.1, 0.15) is 86.6 Å². The number of hydrogen-bond donors (Lipinski definition) is 3. The van der Waals surface area contributed by atoms with Crippen LogP contribution in [0.25, 0.3) is 14.5 Å². The van der Waals surface area contributed by atoms with E-state index in [-0.39, 0.29) is 11.1 Å². The van der Waals surface area contributed by atoms with Crippen LogP contribution < -0.4 is 30.6 Å². The Kier molecular flexibility index (Phi) is 12.4. The molecule has 3 aliphatic heterocycles.